The molecule has 20 heavy (non-hydrogen) atoms. The maximum absolute atomic E-state index is 13.4. The first-order valence-electron chi connectivity index (χ1n) is 6.06. The van der Waals surface area contributed by atoms with Crippen molar-refractivity contribution in [1.82, 2.24) is 0 Å². The fourth-order valence-electron chi connectivity index (χ4n) is 1.87. The summed E-state index contributed by atoms with van der Waals surface area (Å²) in [4.78, 5) is 0. The van der Waals surface area contributed by atoms with Crippen molar-refractivity contribution >= 4 is 33.2 Å². The number of hydrogen-bond donors (Lipinski definition) is 1. The normalized spacial score (nSPS) is 12.1. The summed E-state index contributed by atoms with van der Waals surface area (Å²) < 4.78 is 19.5. The van der Waals surface area contributed by atoms with Gasteiger partial charge in [0.15, 0.2) is 0 Å². The summed E-state index contributed by atoms with van der Waals surface area (Å²) in [5.74, 6) is 0.346. The molecule has 0 bridgehead atoms. The number of ether oxygens (including phenoxy) is 1. The Morgan fingerprint density at radius 3 is 2.60 bits per heavy atom. The van der Waals surface area contributed by atoms with Gasteiger partial charge < -0.3 is 10.1 Å². The van der Waals surface area contributed by atoms with Crippen LogP contribution in [0.5, 0.6) is 5.75 Å². The summed E-state index contributed by atoms with van der Waals surface area (Å²) in [7, 11) is 1.62. The Balaban J connectivity index is 2.17. The number of hydrogen-bond acceptors (Lipinski definition) is 2. The second-order valence-corrected chi connectivity index (χ2v) is 5.65. The van der Waals surface area contributed by atoms with E-state index in [0.717, 1.165) is 15.8 Å². The number of halogens is 3. The molecule has 1 atom stereocenters. The van der Waals surface area contributed by atoms with Crippen molar-refractivity contribution < 1.29 is 9.13 Å². The van der Waals surface area contributed by atoms with Gasteiger partial charge in [-0.25, -0.2) is 4.39 Å². The molecule has 5 heteroatoms. The minimum atomic E-state index is -0.431. The smallest absolute Gasteiger partial charge is 0.143 e. The van der Waals surface area contributed by atoms with Crippen molar-refractivity contribution in [2.45, 2.75) is 13.0 Å². The SMILES string of the molecule is COc1ccc(C(C)Nc2ccc(Cl)c(F)c2)cc1Br. The van der Waals surface area contributed by atoms with Gasteiger partial charge in [-0.3, -0.25) is 0 Å². The van der Waals surface area contributed by atoms with Crippen LogP contribution >= 0.6 is 27.5 Å². The highest BCUT2D eigenvalue weighted by Gasteiger charge is 2.09. The van der Waals surface area contributed by atoms with Crippen LogP contribution in [0.1, 0.15) is 18.5 Å². The van der Waals surface area contributed by atoms with Crippen LogP contribution in [0.2, 0.25) is 5.02 Å². The number of nitrogens with one attached hydrogen (secondary N) is 1. The summed E-state index contributed by atoms with van der Waals surface area (Å²) in [6, 6.07) is 10.5. The van der Waals surface area contributed by atoms with Crippen LogP contribution in [-0.4, -0.2) is 7.11 Å². The predicted molar refractivity (Wildman–Crippen MR) is 84.1 cm³/mol. The van der Waals surface area contributed by atoms with Crippen LogP contribution in [0, 0.1) is 5.82 Å². The third-order valence-electron chi connectivity index (χ3n) is 2.98. The highest BCUT2D eigenvalue weighted by atomic mass is 79.9. The third kappa shape index (κ3) is 3.44. The molecule has 1 N–H and O–H groups in total. The summed E-state index contributed by atoms with van der Waals surface area (Å²) in [6.07, 6.45) is 0. The molecule has 0 aliphatic heterocycles. The van der Waals surface area contributed by atoms with Gasteiger partial charge in [0.05, 0.1) is 16.6 Å². The van der Waals surface area contributed by atoms with Crippen molar-refractivity contribution in [2.24, 2.45) is 0 Å². The zero-order valence-corrected chi connectivity index (χ0v) is 13.4. The molecule has 0 radical (unpaired) electrons. The highest BCUT2D eigenvalue weighted by Crippen LogP contribution is 2.29. The molecule has 1 unspecified atom stereocenters. The zero-order valence-electron chi connectivity index (χ0n) is 11.1. The highest BCUT2D eigenvalue weighted by molar-refractivity contribution is 9.10. The van der Waals surface area contributed by atoms with Gasteiger partial charge in [-0.1, -0.05) is 17.7 Å². The Morgan fingerprint density at radius 2 is 2.00 bits per heavy atom. The quantitative estimate of drug-likeness (QED) is 0.787. The molecule has 0 heterocycles. The van der Waals surface area contributed by atoms with Gasteiger partial charge >= 0.3 is 0 Å². The zero-order chi connectivity index (χ0) is 14.7. The fourth-order valence-corrected chi connectivity index (χ4v) is 2.55. The average Bonchev–Trinajstić information content (AvgIpc) is 2.42. The van der Waals surface area contributed by atoms with E-state index in [1.54, 1.807) is 13.2 Å². The number of methoxy groups -OCH3 is 1. The molecule has 106 valence electrons. The Morgan fingerprint density at radius 1 is 1.25 bits per heavy atom. The van der Waals surface area contributed by atoms with E-state index in [9.17, 15) is 4.39 Å². The van der Waals surface area contributed by atoms with Gasteiger partial charge in [0.25, 0.3) is 0 Å². The van der Waals surface area contributed by atoms with Crippen molar-refractivity contribution in [3.05, 3.63) is 57.3 Å². The molecule has 0 fully saturated rings. The maximum Gasteiger partial charge on any atom is 0.143 e. The topological polar surface area (TPSA) is 21.3 Å². The Bertz CT molecular complexity index is 621. The van der Waals surface area contributed by atoms with Crippen LogP contribution in [0.15, 0.2) is 40.9 Å². The van der Waals surface area contributed by atoms with E-state index in [1.807, 2.05) is 25.1 Å². The second-order valence-electron chi connectivity index (χ2n) is 4.39. The average molecular weight is 359 g/mol. The van der Waals surface area contributed by atoms with E-state index >= 15 is 0 Å². The standard InChI is InChI=1S/C15H14BrClFNO/c1-9(10-3-6-15(20-2)12(16)7-10)19-11-4-5-13(17)14(18)8-11/h3-9,19H,1-2H3. The lowest BCUT2D eigenvalue weighted by Gasteiger charge is -2.17. The van der Waals surface area contributed by atoms with Crippen molar-refractivity contribution in [3.8, 4) is 5.75 Å². The van der Waals surface area contributed by atoms with Gasteiger partial charge in [0, 0.05) is 11.7 Å². The van der Waals surface area contributed by atoms with E-state index < -0.39 is 5.82 Å². The molecule has 0 saturated carbocycles. The lowest BCUT2D eigenvalue weighted by atomic mass is 10.1. The van der Waals surface area contributed by atoms with Crippen molar-refractivity contribution in [1.29, 1.82) is 0 Å². The lowest BCUT2D eigenvalue weighted by Crippen LogP contribution is -2.07. The van der Waals surface area contributed by atoms with Crippen LogP contribution in [0.3, 0.4) is 0 Å². The second kappa shape index (κ2) is 6.46. The molecule has 2 nitrogen and oxygen atoms in total. The number of anilines is 1. The van der Waals surface area contributed by atoms with Gasteiger partial charge in [0.1, 0.15) is 11.6 Å². The monoisotopic (exact) mass is 357 g/mol. The molecule has 0 aliphatic carbocycles. The van der Waals surface area contributed by atoms with Gasteiger partial charge in [-0.05, 0) is 58.7 Å². The molecule has 2 aromatic rings. The van der Waals surface area contributed by atoms with E-state index in [0.29, 0.717) is 5.69 Å². The van der Waals surface area contributed by atoms with E-state index in [-0.39, 0.29) is 11.1 Å². The molecule has 0 spiro atoms. The largest absolute Gasteiger partial charge is 0.496 e. The lowest BCUT2D eigenvalue weighted by molar-refractivity contribution is 0.412. The van der Waals surface area contributed by atoms with Gasteiger partial charge in [-0.15, -0.1) is 0 Å². The molecule has 0 saturated heterocycles. The summed E-state index contributed by atoms with van der Waals surface area (Å²) in [5.41, 5.74) is 1.75. The molecule has 2 aromatic carbocycles. The van der Waals surface area contributed by atoms with Crippen molar-refractivity contribution in [3.63, 3.8) is 0 Å². The van der Waals surface area contributed by atoms with Crippen LogP contribution in [-0.2, 0) is 0 Å². The Hall–Kier alpha value is -1.26. The molecular weight excluding hydrogens is 345 g/mol. The van der Waals surface area contributed by atoms with E-state index in [1.165, 1.54) is 12.1 Å². The predicted octanol–water partition coefficient (Wildman–Crippen LogP) is 5.42. The molecule has 2 rings (SSSR count). The first-order valence-corrected chi connectivity index (χ1v) is 7.23. The first-order chi connectivity index (χ1) is 9.51. The van der Waals surface area contributed by atoms with Gasteiger partial charge in [-0.2, -0.15) is 0 Å². The minimum Gasteiger partial charge on any atom is -0.496 e. The number of rotatable bonds is 4. The minimum absolute atomic E-state index is 0.0257. The summed E-state index contributed by atoms with van der Waals surface area (Å²) >= 11 is 9.12. The van der Waals surface area contributed by atoms with Crippen molar-refractivity contribution in [2.75, 3.05) is 12.4 Å². The summed E-state index contributed by atoms with van der Waals surface area (Å²) in [5, 5.41) is 3.35. The van der Waals surface area contributed by atoms with Crippen LogP contribution in [0.25, 0.3) is 0 Å². The number of benzene rings is 2. The van der Waals surface area contributed by atoms with Crippen LogP contribution in [0.4, 0.5) is 10.1 Å². The van der Waals surface area contributed by atoms with Gasteiger partial charge in [0.2, 0.25) is 0 Å². The summed E-state index contributed by atoms with van der Waals surface area (Å²) in [6.45, 7) is 2.00. The fraction of sp³-hybridized carbons (Fsp3) is 0.200. The molecule has 0 aromatic heterocycles. The van der Waals surface area contributed by atoms with E-state index in [4.69, 9.17) is 16.3 Å². The van der Waals surface area contributed by atoms with Crippen LogP contribution < -0.4 is 10.1 Å². The first kappa shape index (κ1) is 15.1. The maximum atomic E-state index is 13.4. The Kier molecular flexibility index (Phi) is 4.89. The van der Waals surface area contributed by atoms with E-state index in [2.05, 4.69) is 21.2 Å². The molecular formula is C15H14BrClFNO. The Labute approximate surface area is 131 Å². The molecule has 0 amide bonds. The third-order valence-corrected chi connectivity index (χ3v) is 3.90. The molecule has 0 aliphatic rings.